The molecule has 2 N–H and O–H groups in total. The van der Waals surface area contributed by atoms with Gasteiger partial charge in [0.15, 0.2) is 0 Å². The van der Waals surface area contributed by atoms with Crippen molar-refractivity contribution >= 4 is 27.8 Å². The van der Waals surface area contributed by atoms with E-state index in [0.717, 1.165) is 16.6 Å². The number of morpholine rings is 1. The van der Waals surface area contributed by atoms with Crippen LogP contribution in [0.5, 0.6) is 0 Å². The van der Waals surface area contributed by atoms with Crippen LogP contribution in [0.4, 0.5) is 0 Å². The Labute approximate surface area is 144 Å². The molecule has 1 amide bonds. The van der Waals surface area contributed by atoms with Gasteiger partial charge in [-0.3, -0.25) is 9.59 Å². The largest absolute Gasteiger partial charge is 0.469 e. The van der Waals surface area contributed by atoms with Crippen LogP contribution >= 0.6 is 15.9 Å². The summed E-state index contributed by atoms with van der Waals surface area (Å²) in [5.74, 6) is -0.490. The number of benzene rings is 1. The average Bonchev–Trinajstić information content (AvgIpc) is 2.55. The Morgan fingerprint density at radius 3 is 3.00 bits per heavy atom. The topological polar surface area (TPSA) is 76.7 Å². The monoisotopic (exact) mass is 384 g/mol. The van der Waals surface area contributed by atoms with Gasteiger partial charge in [0.1, 0.15) is 0 Å². The number of amides is 1. The Balaban J connectivity index is 2.01. The van der Waals surface area contributed by atoms with Crippen LogP contribution < -0.4 is 10.6 Å². The third-order valence-corrected chi connectivity index (χ3v) is 4.11. The lowest BCUT2D eigenvalue weighted by Crippen LogP contribution is -2.44. The zero-order valence-electron chi connectivity index (χ0n) is 13.0. The predicted molar refractivity (Wildman–Crippen MR) is 88.9 cm³/mol. The molecule has 1 aliphatic rings. The average molecular weight is 385 g/mol. The fraction of sp³-hybridized carbons (Fsp3) is 0.500. The van der Waals surface area contributed by atoms with Gasteiger partial charge in [-0.05, 0) is 17.7 Å². The Morgan fingerprint density at radius 2 is 2.35 bits per heavy atom. The molecule has 1 fully saturated rings. The van der Waals surface area contributed by atoms with Gasteiger partial charge in [0.25, 0.3) is 0 Å². The number of ether oxygens (including phenoxy) is 2. The number of esters is 1. The Morgan fingerprint density at radius 1 is 1.52 bits per heavy atom. The van der Waals surface area contributed by atoms with Gasteiger partial charge in [-0.15, -0.1) is 0 Å². The lowest BCUT2D eigenvalue weighted by Gasteiger charge is -2.25. The SMILES string of the molecule is COC(=O)CC(NC(=O)CC1COCCN1)c1cccc(Br)c1. The van der Waals surface area contributed by atoms with E-state index in [1.165, 1.54) is 7.11 Å². The summed E-state index contributed by atoms with van der Waals surface area (Å²) >= 11 is 3.40. The van der Waals surface area contributed by atoms with Crippen molar-refractivity contribution in [3.63, 3.8) is 0 Å². The lowest BCUT2D eigenvalue weighted by molar-refractivity contribution is -0.141. The standard InChI is InChI=1S/C16H21BrN2O4/c1-22-16(21)9-14(11-3-2-4-12(17)7-11)19-15(20)8-13-10-23-6-5-18-13/h2-4,7,13-14,18H,5-6,8-10H2,1H3,(H,19,20). The zero-order valence-corrected chi connectivity index (χ0v) is 14.6. The highest BCUT2D eigenvalue weighted by Crippen LogP contribution is 2.21. The molecule has 0 spiro atoms. The van der Waals surface area contributed by atoms with Gasteiger partial charge in [0.05, 0.1) is 32.8 Å². The maximum absolute atomic E-state index is 12.3. The summed E-state index contributed by atoms with van der Waals surface area (Å²) in [7, 11) is 1.34. The van der Waals surface area contributed by atoms with E-state index in [0.29, 0.717) is 19.6 Å². The second-order valence-corrected chi connectivity index (χ2v) is 6.30. The molecule has 1 heterocycles. The second-order valence-electron chi connectivity index (χ2n) is 5.39. The summed E-state index contributed by atoms with van der Waals surface area (Å²) in [6, 6.07) is 7.11. The summed E-state index contributed by atoms with van der Waals surface area (Å²) in [4.78, 5) is 23.9. The van der Waals surface area contributed by atoms with Crippen LogP contribution in [-0.2, 0) is 19.1 Å². The van der Waals surface area contributed by atoms with Gasteiger partial charge in [0, 0.05) is 23.5 Å². The van der Waals surface area contributed by atoms with Crippen LogP contribution in [0.1, 0.15) is 24.4 Å². The molecule has 0 radical (unpaired) electrons. The normalized spacial score (nSPS) is 19.0. The third-order valence-electron chi connectivity index (χ3n) is 3.61. The molecule has 6 nitrogen and oxygen atoms in total. The van der Waals surface area contributed by atoms with Crippen LogP contribution in [0.25, 0.3) is 0 Å². The maximum atomic E-state index is 12.3. The van der Waals surface area contributed by atoms with Gasteiger partial charge in [-0.2, -0.15) is 0 Å². The van der Waals surface area contributed by atoms with Crippen molar-refractivity contribution in [1.29, 1.82) is 0 Å². The number of halogens is 1. The molecule has 1 aromatic carbocycles. The molecule has 0 bridgehead atoms. The van der Waals surface area contributed by atoms with Crippen LogP contribution in [0, 0.1) is 0 Å². The zero-order chi connectivity index (χ0) is 16.7. The molecule has 2 rings (SSSR count). The van der Waals surface area contributed by atoms with Gasteiger partial charge >= 0.3 is 5.97 Å². The number of nitrogens with one attached hydrogen (secondary N) is 2. The fourth-order valence-corrected chi connectivity index (χ4v) is 2.87. The molecular formula is C16H21BrN2O4. The summed E-state index contributed by atoms with van der Waals surface area (Å²) < 4.78 is 11.0. The highest BCUT2D eigenvalue weighted by atomic mass is 79.9. The van der Waals surface area contributed by atoms with Crippen molar-refractivity contribution in [2.24, 2.45) is 0 Å². The van der Waals surface area contributed by atoms with Crippen molar-refractivity contribution in [1.82, 2.24) is 10.6 Å². The Kier molecular flexibility index (Phi) is 7.01. The number of hydrogen-bond acceptors (Lipinski definition) is 5. The molecule has 2 atom stereocenters. The molecule has 0 aromatic heterocycles. The molecule has 0 saturated carbocycles. The van der Waals surface area contributed by atoms with Crippen LogP contribution in [0.3, 0.4) is 0 Å². The van der Waals surface area contributed by atoms with Crippen LogP contribution in [0.15, 0.2) is 28.7 Å². The number of carbonyl (C=O) groups excluding carboxylic acids is 2. The van der Waals surface area contributed by atoms with E-state index in [2.05, 4.69) is 26.6 Å². The molecular weight excluding hydrogens is 364 g/mol. The van der Waals surface area contributed by atoms with E-state index in [-0.39, 0.29) is 24.3 Å². The van der Waals surface area contributed by atoms with Gasteiger partial charge < -0.3 is 20.1 Å². The molecule has 126 valence electrons. The quantitative estimate of drug-likeness (QED) is 0.727. The van der Waals surface area contributed by atoms with Crippen molar-refractivity contribution in [2.45, 2.75) is 24.9 Å². The number of methoxy groups -OCH3 is 1. The summed E-state index contributed by atoms with van der Waals surface area (Å²) in [6.07, 6.45) is 0.402. The summed E-state index contributed by atoms with van der Waals surface area (Å²) in [5, 5.41) is 6.16. The van der Waals surface area contributed by atoms with Gasteiger partial charge in [0.2, 0.25) is 5.91 Å². The molecule has 0 aliphatic carbocycles. The van der Waals surface area contributed by atoms with E-state index in [9.17, 15) is 9.59 Å². The Hall–Kier alpha value is -1.44. The smallest absolute Gasteiger partial charge is 0.307 e. The third kappa shape index (κ3) is 5.93. The van der Waals surface area contributed by atoms with E-state index in [4.69, 9.17) is 9.47 Å². The lowest BCUT2D eigenvalue weighted by atomic mass is 10.0. The predicted octanol–water partition coefficient (Wildman–Crippen LogP) is 1.55. The fourth-order valence-electron chi connectivity index (χ4n) is 2.45. The van der Waals surface area contributed by atoms with Crippen molar-refractivity contribution in [3.05, 3.63) is 34.3 Å². The van der Waals surface area contributed by atoms with E-state index in [1.54, 1.807) is 0 Å². The van der Waals surface area contributed by atoms with E-state index < -0.39 is 6.04 Å². The van der Waals surface area contributed by atoms with E-state index in [1.807, 2.05) is 24.3 Å². The minimum atomic E-state index is -0.419. The molecule has 23 heavy (non-hydrogen) atoms. The molecule has 1 aromatic rings. The number of rotatable bonds is 6. The molecule has 1 aliphatic heterocycles. The summed E-state index contributed by atoms with van der Waals surface area (Å²) in [6.45, 7) is 1.93. The molecule has 2 unspecified atom stereocenters. The second kappa shape index (κ2) is 9.00. The highest BCUT2D eigenvalue weighted by molar-refractivity contribution is 9.10. The van der Waals surface area contributed by atoms with Gasteiger partial charge in [-0.1, -0.05) is 28.1 Å². The first-order valence-corrected chi connectivity index (χ1v) is 8.30. The highest BCUT2D eigenvalue weighted by Gasteiger charge is 2.22. The number of hydrogen-bond donors (Lipinski definition) is 2. The van der Waals surface area contributed by atoms with Crippen LogP contribution in [-0.4, -0.2) is 44.8 Å². The van der Waals surface area contributed by atoms with Gasteiger partial charge in [-0.25, -0.2) is 0 Å². The maximum Gasteiger partial charge on any atom is 0.307 e. The molecule has 1 saturated heterocycles. The first-order valence-electron chi connectivity index (χ1n) is 7.51. The summed E-state index contributed by atoms with van der Waals surface area (Å²) in [5.41, 5.74) is 0.853. The first kappa shape index (κ1) is 17.9. The van der Waals surface area contributed by atoms with Crippen molar-refractivity contribution in [2.75, 3.05) is 26.9 Å². The number of carbonyl (C=O) groups is 2. The molecule has 7 heteroatoms. The van der Waals surface area contributed by atoms with Crippen LogP contribution in [0.2, 0.25) is 0 Å². The Bertz CT molecular complexity index is 547. The minimum absolute atomic E-state index is 0.00466. The van der Waals surface area contributed by atoms with Crippen molar-refractivity contribution < 1.29 is 19.1 Å². The minimum Gasteiger partial charge on any atom is -0.469 e. The van der Waals surface area contributed by atoms with Crippen molar-refractivity contribution in [3.8, 4) is 0 Å². The van der Waals surface area contributed by atoms with E-state index >= 15 is 0 Å². The first-order chi connectivity index (χ1) is 11.1.